The molecule has 3 saturated heterocycles. The first kappa shape index (κ1) is 16.3. The summed E-state index contributed by atoms with van der Waals surface area (Å²) in [6, 6.07) is 0.184. The molecule has 5 rings (SSSR count). The van der Waals surface area contributed by atoms with E-state index < -0.39 is 0 Å². The predicted molar refractivity (Wildman–Crippen MR) is 97.3 cm³/mol. The zero-order valence-electron chi connectivity index (χ0n) is 14.5. The number of carbonyl (C=O) groups excluding carboxylic acids is 1. The Hall–Kier alpha value is -2.22. The molecule has 0 spiro atoms. The highest BCUT2D eigenvalue weighted by atomic mass is 32.1. The molecule has 25 heavy (non-hydrogen) atoms. The summed E-state index contributed by atoms with van der Waals surface area (Å²) in [7, 11) is 0. The summed E-state index contributed by atoms with van der Waals surface area (Å²) in [5.41, 5.74) is 10.6. The summed E-state index contributed by atoms with van der Waals surface area (Å²) < 4.78 is 0. The van der Waals surface area contributed by atoms with Gasteiger partial charge in [-0.2, -0.15) is 4.98 Å². The van der Waals surface area contributed by atoms with Crippen molar-refractivity contribution in [1.82, 2.24) is 19.9 Å². The molecular weight excluding hydrogens is 336 g/mol. The van der Waals surface area contributed by atoms with Crippen LogP contribution in [0.15, 0.2) is 10.9 Å². The normalized spacial score (nSPS) is 23.2. The number of fused-ring (bicyclic) bond motifs is 4. The zero-order chi connectivity index (χ0) is 17.6. The van der Waals surface area contributed by atoms with Crippen LogP contribution in [0, 0.1) is 19.8 Å². The molecule has 2 bridgehead atoms. The smallest absolute Gasteiger partial charge is 0.228 e. The van der Waals surface area contributed by atoms with Gasteiger partial charge >= 0.3 is 0 Å². The highest BCUT2D eigenvalue weighted by Gasteiger charge is 2.41. The minimum Gasteiger partial charge on any atom is -0.368 e. The summed E-state index contributed by atoms with van der Waals surface area (Å²) in [5, 5.41) is 2.02. The summed E-state index contributed by atoms with van der Waals surface area (Å²) in [6.07, 6.45) is 1.96. The van der Waals surface area contributed by atoms with E-state index in [0.717, 1.165) is 42.2 Å². The predicted octanol–water partition coefficient (Wildman–Crippen LogP) is 1.76. The van der Waals surface area contributed by atoms with E-state index in [-0.39, 0.29) is 17.9 Å². The van der Waals surface area contributed by atoms with Gasteiger partial charge in [0.05, 0.1) is 23.7 Å². The lowest BCUT2D eigenvalue weighted by Gasteiger charge is -2.35. The number of aromatic nitrogens is 3. The quantitative estimate of drug-likeness (QED) is 0.899. The lowest BCUT2D eigenvalue weighted by atomic mass is 9.94. The molecule has 2 aromatic rings. The Kier molecular flexibility index (Phi) is 4.07. The molecule has 0 saturated carbocycles. The van der Waals surface area contributed by atoms with Crippen molar-refractivity contribution in [1.29, 1.82) is 0 Å². The largest absolute Gasteiger partial charge is 0.368 e. The summed E-state index contributed by atoms with van der Waals surface area (Å²) in [4.78, 5) is 30.2. The van der Waals surface area contributed by atoms with Crippen LogP contribution in [-0.4, -0.2) is 44.9 Å². The molecule has 7 nitrogen and oxygen atoms in total. The van der Waals surface area contributed by atoms with Gasteiger partial charge in [0.2, 0.25) is 11.9 Å². The molecule has 3 aliphatic heterocycles. The molecule has 1 amide bonds. The van der Waals surface area contributed by atoms with Crippen LogP contribution in [0.1, 0.15) is 29.8 Å². The number of hydrogen-bond donors (Lipinski definition) is 1. The van der Waals surface area contributed by atoms with Gasteiger partial charge in [-0.25, -0.2) is 9.97 Å². The Morgan fingerprint density at radius 1 is 1.28 bits per heavy atom. The van der Waals surface area contributed by atoms with Crippen LogP contribution in [-0.2, 0) is 11.3 Å². The van der Waals surface area contributed by atoms with Crippen LogP contribution in [0.2, 0.25) is 0 Å². The molecule has 3 aliphatic rings. The third-order valence-electron chi connectivity index (χ3n) is 5.29. The molecule has 5 heterocycles. The van der Waals surface area contributed by atoms with Crippen molar-refractivity contribution >= 4 is 29.0 Å². The maximum absolute atomic E-state index is 12.9. The fourth-order valence-electron chi connectivity index (χ4n) is 3.85. The lowest BCUT2D eigenvalue weighted by molar-refractivity contribution is -0.140. The summed E-state index contributed by atoms with van der Waals surface area (Å²) in [6.45, 7) is 6.04. The van der Waals surface area contributed by atoms with Crippen LogP contribution in [0.4, 0.5) is 11.8 Å². The van der Waals surface area contributed by atoms with Gasteiger partial charge in [0, 0.05) is 35.8 Å². The Labute approximate surface area is 150 Å². The number of nitrogens with two attached hydrogens (primary N) is 1. The molecule has 3 fully saturated rings. The van der Waals surface area contributed by atoms with E-state index in [1.54, 1.807) is 11.3 Å². The van der Waals surface area contributed by atoms with Gasteiger partial charge in [0.1, 0.15) is 5.82 Å². The first-order chi connectivity index (χ1) is 12.0. The molecule has 2 atom stereocenters. The Bertz CT molecular complexity index is 793. The van der Waals surface area contributed by atoms with Crippen LogP contribution in [0.3, 0.4) is 0 Å². The molecule has 0 aromatic carbocycles. The van der Waals surface area contributed by atoms with E-state index in [4.69, 9.17) is 5.73 Å². The van der Waals surface area contributed by atoms with Crippen LogP contribution < -0.4 is 10.6 Å². The minimum atomic E-state index is 0.00767. The number of nitrogens with zero attached hydrogens (tertiary/aromatic N) is 5. The van der Waals surface area contributed by atoms with Crippen molar-refractivity contribution in [3.63, 3.8) is 0 Å². The number of thiazole rings is 1. The van der Waals surface area contributed by atoms with E-state index in [1.165, 1.54) is 0 Å². The fraction of sp³-hybridized carbons (Fsp3) is 0.529. The third-order valence-corrected chi connectivity index (χ3v) is 5.92. The number of nitrogen functional groups attached to an aromatic ring is 1. The van der Waals surface area contributed by atoms with E-state index in [0.29, 0.717) is 19.0 Å². The number of piperidine rings is 1. The van der Waals surface area contributed by atoms with Crippen molar-refractivity contribution in [3.8, 4) is 0 Å². The monoisotopic (exact) mass is 358 g/mol. The summed E-state index contributed by atoms with van der Waals surface area (Å²) >= 11 is 1.57. The number of amides is 1. The van der Waals surface area contributed by atoms with Gasteiger partial charge in [-0.3, -0.25) is 4.79 Å². The minimum absolute atomic E-state index is 0.00767. The average molecular weight is 358 g/mol. The van der Waals surface area contributed by atoms with E-state index in [1.807, 2.05) is 29.6 Å². The second-order valence-electron chi connectivity index (χ2n) is 6.89. The van der Waals surface area contributed by atoms with Gasteiger partial charge in [-0.1, -0.05) is 0 Å². The number of anilines is 2. The SMILES string of the molecule is Cc1nc(N)nc(N2C[C@H]3CC[C@@H](C2)N(Cc2cscn2)C3=O)c1C. The molecule has 0 unspecified atom stereocenters. The van der Waals surface area contributed by atoms with E-state index in [2.05, 4.69) is 19.9 Å². The second-order valence-corrected chi connectivity index (χ2v) is 7.61. The van der Waals surface area contributed by atoms with Crippen LogP contribution in [0.25, 0.3) is 0 Å². The number of hydrogen-bond acceptors (Lipinski definition) is 7. The Balaban J connectivity index is 1.64. The molecule has 0 radical (unpaired) electrons. The number of carbonyl (C=O) groups is 1. The van der Waals surface area contributed by atoms with Crippen molar-refractivity contribution in [2.75, 3.05) is 23.7 Å². The number of rotatable bonds is 3. The maximum atomic E-state index is 12.9. The number of aryl methyl sites for hydroxylation is 1. The molecule has 2 aromatic heterocycles. The van der Waals surface area contributed by atoms with Gasteiger partial charge in [-0.15, -0.1) is 11.3 Å². The highest BCUT2D eigenvalue weighted by molar-refractivity contribution is 7.07. The average Bonchev–Trinajstić information content (AvgIpc) is 2.94. The van der Waals surface area contributed by atoms with Crippen molar-refractivity contribution in [2.24, 2.45) is 5.92 Å². The van der Waals surface area contributed by atoms with Crippen molar-refractivity contribution < 1.29 is 4.79 Å². The van der Waals surface area contributed by atoms with Crippen molar-refractivity contribution in [3.05, 3.63) is 27.8 Å². The Morgan fingerprint density at radius 3 is 2.88 bits per heavy atom. The molecule has 132 valence electrons. The summed E-state index contributed by atoms with van der Waals surface area (Å²) in [5.74, 6) is 1.40. The molecule has 2 N–H and O–H groups in total. The molecule has 8 heteroatoms. The van der Waals surface area contributed by atoms with Gasteiger partial charge in [0.25, 0.3) is 0 Å². The molecule has 0 aliphatic carbocycles. The third kappa shape index (κ3) is 2.95. The van der Waals surface area contributed by atoms with E-state index >= 15 is 0 Å². The fourth-order valence-corrected chi connectivity index (χ4v) is 4.40. The van der Waals surface area contributed by atoms with Crippen LogP contribution >= 0.6 is 11.3 Å². The standard InChI is InChI=1S/C17H22N6OS/c1-10-11(2)20-17(18)21-15(10)22-5-12-3-4-14(7-22)23(16(12)24)6-13-8-25-9-19-13/h8-9,12,14H,3-7H2,1-2H3,(H2,18,20,21)/t12-,14+/m1/s1. The van der Waals surface area contributed by atoms with Gasteiger partial charge in [0.15, 0.2) is 0 Å². The molecular formula is C17H22N6OS. The lowest BCUT2D eigenvalue weighted by Crippen LogP contribution is -2.47. The maximum Gasteiger partial charge on any atom is 0.228 e. The van der Waals surface area contributed by atoms with Gasteiger partial charge < -0.3 is 15.5 Å². The van der Waals surface area contributed by atoms with Gasteiger partial charge in [-0.05, 0) is 26.7 Å². The van der Waals surface area contributed by atoms with E-state index in [9.17, 15) is 4.79 Å². The highest BCUT2D eigenvalue weighted by Crippen LogP contribution is 2.33. The first-order valence-electron chi connectivity index (χ1n) is 8.56. The van der Waals surface area contributed by atoms with Crippen molar-refractivity contribution in [2.45, 2.75) is 39.3 Å². The zero-order valence-corrected chi connectivity index (χ0v) is 15.3. The Morgan fingerprint density at radius 2 is 2.12 bits per heavy atom. The first-order valence-corrected chi connectivity index (χ1v) is 9.50. The topological polar surface area (TPSA) is 88.2 Å². The second kappa shape index (κ2) is 6.25. The van der Waals surface area contributed by atoms with Crippen LogP contribution in [0.5, 0.6) is 0 Å².